The van der Waals surface area contributed by atoms with Gasteiger partial charge in [0.2, 0.25) is 0 Å². The maximum Gasteiger partial charge on any atom is 0.342 e. The topological polar surface area (TPSA) is 70.1 Å². The number of hydrogen-bond donors (Lipinski definition) is 1. The summed E-state index contributed by atoms with van der Waals surface area (Å²) in [7, 11) is 1.85. The van der Waals surface area contributed by atoms with Crippen molar-refractivity contribution in [3.63, 3.8) is 0 Å². The number of thiophene rings is 1. The minimum absolute atomic E-state index is 0.172. The normalized spacial score (nSPS) is 11.0. The van der Waals surface area contributed by atoms with Crippen LogP contribution in [0, 0.1) is 6.92 Å². The Morgan fingerprint density at radius 3 is 2.68 bits per heavy atom. The summed E-state index contributed by atoms with van der Waals surface area (Å²) in [5.74, 6) is -0.382. The van der Waals surface area contributed by atoms with Crippen LogP contribution in [0.15, 0.2) is 11.6 Å². The molecular formula is C13H17N3O2S. The van der Waals surface area contributed by atoms with Crippen LogP contribution in [-0.2, 0) is 11.8 Å². The molecule has 0 amide bonds. The number of carbonyl (C=O) groups is 1. The molecule has 19 heavy (non-hydrogen) atoms. The van der Waals surface area contributed by atoms with E-state index >= 15 is 0 Å². The number of aromatic nitrogens is 2. The molecule has 6 heteroatoms. The van der Waals surface area contributed by atoms with Crippen LogP contribution in [0.3, 0.4) is 0 Å². The van der Waals surface area contributed by atoms with Gasteiger partial charge in [-0.1, -0.05) is 0 Å². The Hall–Kier alpha value is -1.82. The molecule has 2 aromatic heterocycles. The first-order chi connectivity index (χ1) is 8.90. The van der Waals surface area contributed by atoms with Crippen LogP contribution < -0.4 is 5.73 Å². The van der Waals surface area contributed by atoms with Gasteiger partial charge in [-0.3, -0.25) is 4.68 Å². The van der Waals surface area contributed by atoms with E-state index in [1.54, 1.807) is 4.68 Å². The predicted molar refractivity (Wildman–Crippen MR) is 76.2 cm³/mol. The lowest BCUT2D eigenvalue weighted by atomic mass is 10.1. The zero-order chi connectivity index (χ0) is 14.2. The van der Waals surface area contributed by atoms with Gasteiger partial charge in [-0.05, 0) is 20.8 Å². The number of anilines is 1. The highest BCUT2D eigenvalue weighted by molar-refractivity contribution is 7.14. The summed E-state index contributed by atoms with van der Waals surface area (Å²) in [6, 6.07) is 0. The van der Waals surface area contributed by atoms with E-state index < -0.39 is 0 Å². The van der Waals surface area contributed by atoms with Gasteiger partial charge in [-0.2, -0.15) is 5.10 Å². The molecule has 0 saturated carbocycles. The fraction of sp³-hybridized carbons (Fsp3) is 0.385. The number of aryl methyl sites for hydroxylation is 2. The fourth-order valence-corrected chi connectivity index (χ4v) is 2.72. The molecule has 0 unspecified atom stereocenters. The summed E-state index contributed by atoms with van der Waals surface area (Å²) >= 11 is 1.34. The van der Waals surface area contributed by atoms with Crippen LogP contribution in [0.4, 0.5) is 5.00 Å². The summed E-state index contributed by atoms with van der Waals surface area (Å²) in [6.07, 6.45) is 1.71. The maximum absolute atomic E-state index is 12.1. The lowest BCUT2D eigenvalue weighted by Crippen LogP contribution is -2.13. The Morgan fingerprint density at radius 1 is 1.47 bits per heavy atom. The molecule has 0 spiro atoms. The summed E-state index contributed by atoms with van der Waals surface area (Å²) in [5.41, 5.74) is 8.90. The van der Waals surface area contributed by atoms with Gasteiger partial charge in [0.15, 0.2) is 0 Å². The zero-order valence-corrected chi connectivity index (χ0v) is 12.2. The molecular weight excluding hydrogens is 262 g/mol. The number of nitrogens with two attached hydrogens (primary N) is 1. The van der Waals surface area contributed by atoms with E-state index in [2.05, 4.69) is 5.10 Å². The summed E-state index contributed by atoms with van der Waals surface area (Å²) < 4.78 is 6.96. The first kappa shape index (κ1) is 13.6. The highest BCUT2D eigenvalue weighted by Crippen LogP contribution is 2.35. The third-order valence-electron chi connectivity index (χ3n) is 2.67. The molecule has 2 rings (SSSR count). The van der Waals surface area contributed by atoms with E-state index in [4.69, 9.17) is 10.5 Å². The molecule has 0 saturated heterocycles. The van der Waals surface area contributed by atoms with Crippen molar-refractivity contribution >= 4 is 22.3 Å². The van der Waals surface area contributed by atoms with Gasteiger partial charge in [0, 0.05) is 29.8 Å². The number of rotatable bonds is 3. The monoisotopic (exact) mass is 279 g/mol. The van der Waals surface area contributed by atoms with Crippen molar-refractivity contribution in [2.45, 2.75) is 26.9 Å². The molecule has 0 aliphatic carbocycles. The smallest absolute Gasteiger partial charge is 0.342 e. The van der Waals surface area contributed by atoms with Crippen molar-refractivity contribution < 1.29 is 9.53 Å². The molecule has 2 N–H and O–H groups in total. The van der Waals surface area contributed by atoms with E-state index in [0.717, 1.165) is 16.8 Å². The highest BCUT2D eigenvalue weighted by atomic mass is 32.1. The van der Waals surface area contributed by atoms with Crippen LogP contribution in [-0.4, -0.2) is 21.9 Å². The van der Waals surface area contributed by atoms with Crippen molar-refractivity contribution in [2.75, 3.05) is 5.73 Å². The minimum atomic E-state index is -0.382. The minimum Gasteiger partial charge on any atom is -0.459 e. The van der Waals surface area contributed by atoms with Crippen molar-refractivity contribution in [3.8, 4) is 11.1 Å². The van der Waals surface area contributed by atoms with E-state index in [-0.39, 0.29) is 12.1 Å². The van der Waals surface area contributed by atoms with Gasteiger partial charge in [0.05, 0.1) is 11.8 Å². The largest absolute Gasteiger partial charge is 0.459 e. The van der Waals surface area contributed by atoms with Crippen LogP contribution in [0.2, 0.25) is 0 Å². The lowest BCUT2D eigenvalue weighted by molar-refractivity contribution is 0.0380. The van der Waals surface area contributed by atoms with E-state index in [9.17, 15) is 4.79 Å². The first-order valence-electron chi connectivity index (χ1n) is 5.98. The van der Waals surface area contributed by atoms with Crippen molar-refractivity contribution in [3.05, 3.63) is 22.8 Å². The van der Waals surface area contributed by atoms with Gasteiger partial charge >= 0.3 is 5.97 Å². The molecule has 0 bridgehead atoms. The maximum atomic E-state index is 12.1. The molecule has 0 aromatic carbocycles. The number of hydrogen-bond acceptors (Lipinski definition) is 5. The van der Waals surface area contributed by atoms with E-state index in [0.29, 0.717) is 10.6 Å². The molecule has 102 valence electrons. The predicted octanol–water partition coefficient (Wildman–Crippen LogP) is 2.60. The van der Waals surface area contributed by atoms with Gasteiger partial charge in [0.25, 0.3) is 0 Å². The summed E-state index contributed by atoms with van der Waals surface area (Å²) in [6.45, 7) is 5.53. The third kappa shape index (κ3) is 2.63. The van der Waals surface area contributed by atoms with Crippen molar-refractivity contribution in [1.29, 1.82) is 0 Å². The second-order valence-electron chi connectivity index (χ2n) is 4.64. The standard InChI is InChI=1S/C13H17N3O2S/c1-7(2)18-13(17)11-10(6-19-12(11)14)9-5-16(4)15-8(9)3/h5-7H,14H2,1-4H3. The van der Waals surface area contributed by atoms with Crippen LogP contribution in [0.1, 0.15) is 29.9 Å². The van der Waals surface area contributed by atoms with Crippen molar-refractivity contribution in [2.24, 2.45) is 7.05 Å². The average molecular weight is 279 g/mol. The fourth-order valence-electron chi connectivity index (χ4n) is 1.92. The Morgan fingerprint density at radius 2 is 2.16 bits per heavy atom. The average Bonchev–Trinajstić information content (AvgIpc) is 2.80. The molecule has 0 radical (unpaired) electrons. The quantitative estimate of drug-likeness (QED) is 0.877. The molecule has 0 fully saturated rings. The number of ether oxygens (including phenoxy) is 1. The number of nitrogen functional groups attached to an aromatic ring is 1. The van der Waals surface area contributed by atoms with Gasteiger partial charge < -0.3 is 10.5 Å². The summed E-state index contributed by atoms with van der Waals surface area (Å²) in [4.78, 5) is 12.1. The van der Waals surface area contributed by atoms with E-state index in [1.807, 2.05) is 39.4 Å². The lowest BCUT2D eigenvalue weighted by Gasteiger charge is -2.09. The first-order valence-corrected chi connectivity index (χ1v) is 6.86. The van der Waals surface area contributed by atoms with Crippen LogP contribution >= 0.6 is 11.3 Å². The second kappa shape index (κ2) is 5.05. The number of nitrogens with zero attached hydrogens (tertiary/aromatic N) is 2. The van der Waals surface area contributed by atoms with Crippen LogP contribution in [0.25, 0.3) is 11.1 Å². The molecule has 2 heterocycles. The van der Waals surface area contributed by atoms with Crippen molar-refractivity contribution in [1.82, 2.24) is 9.78 Å². The van der Waals surface area contributed by atoms with E-state index in [1.165, 1.54) is 11.3 Å². The Kier molecular flexibility index (Phi) is 3.61. The molecule has 0 atom stereocenters. The second-order valence-corrected chi connectivity index (χ2v) is 5.56. The van der Waals surface area contributed by atoms with Crippen LogP contribution in [0.5, 0.6) is 0 Å². The Labute approximate surface area is 116 Å². The van der Waals surface area contributed by atoms with Gasteiger partial charge in [0.1, 0.15) is 10.6 Å². The van der Waals surface area contributed by atoms with Gasteiger partial charge in [-0.15, -0.1) is 11.3 Å². The number of carbonyl (C=O) groups excluding carboxylic acids is 1. The Balaban J connectivity index is 2.48. The SMILES string of the molecule is Cc1nn(C)cc1-c1csc(N)c1C(=O)OC(C)C. The Bertz CT molecular complexity index is 613. The third-order valence-corrected chi connectivity index (χ3v) is 3.48. The van der Waals surface area contributed by atoms with Gasteiger partial charge in [-0.25, -0.2) is 4.79 Å². The molecule has 0 aliphatic rings. The summed E-state index contributed by atoms with van der Waals surface area (Å²) in [5, 5.41) is 6.63. The highest BCUT2D eigenvalue weighted by Gasteiger charge is 2.22. The molecule has 2 aromatic rings. The number of esters is 1. The molecule has 5 nitrogen and oxygen atoms in total. The zero-order valence-electron chi connectivity index (χ0n) is 11.4. The molecule has 0 aliphatic heterocycles.